The van der Waals surface area contributed by atoms with Gasteiger partial charge in [0.1, 0.15) is 11.8 Å². The van der Waals surface area contributed by atoms with E-state index in [2.05, 4.69) is 51.7 Å². The number of aliphatic imine (C=N–C) groups is 1. The molecule has 3 aromatic carbocycles. The molecule has 0 aliphatic heterocycles. The standard InChI is InChI=1S/C39H53N7O4/c1-7-34(39(26-28(2)45(4)5,31-20-13-9-14-21-31)32-22-15-10-16-23-32)50-38(49)46(6)29(3)27-43-36(48)33(24-17-25-42-37(40)41)44-35(47)30-18-11-8-12-19-30/h7-16,18-23,28-29,33H,17,24-27H2,1-6H3,(H,43,48)(H,44,47)(H4,40,41,42)/b34-7+/t28-,29?,33+/m1/s1. The third-order valence-electron chi connectivity index (χ3n) is 9.02. The van der Waals surface area contributed by atoms with E-state index in [9.17, 15) is 14.4 Å². The highest BCUT2D eigenvalue weighted by atomic mass is 16.6. The van der Waals surface area contributed by atoms with E-state index in [1.165, 1.54) is 4.90 Å². The number of guanidine groups is 1. The first-order chi connectivity index (χ1) is 23.9. The molecule has 11 nitrogen and oxygen atoms in total. The van der Waals surface area contributed by atoms with Crippen LogP contribution in [0.5, 0.6) is 0 Å². The van der Waals surface area contributed by atoms with Gasteiger partial charge in [0.2, 0.25) is 5.91 Å². The highest BCUT2D eigenvalue weighted by Gasteiger charge is 2.42. The van der Waals surface area contributed by atoms with Crippen molar-refractivity contribution >= 4 is 23.9 Å². The minimum Gasteiger partial charge on any atom is -0.414 e. The summed E-state index contributed by atoms with van der Waals surface area (Å²) in [4.78, 5) is 47.8. The number of likely N-dealkylation sites (N-methyl/N-ethyl adjacent to an activating group) is 1. The largest absolute Gasteiger partial charge is 0.414 e. The second-order valence-electron chi connectivity index (χ2n) is 12.7. The Hall–Kier alpha value is -5.16. The van der Waals surface area contributed by atoms with Gasteiger partial charge in [0.25, 0.3) is 5.91 Å². The van der Waals surface area contributed by atoms with Gasteiger partial charge in [-0.3, -0.25) is 14.6 Å². The summed E-state index contributed by atoms with van der Waals surface area (Å²) in [5, 5.41) is 5.73. The topological polar surface area (TPSA) is 155 Å². The van der Waals surface area contributed by atoms with Gasteiger partial charge in [-0.25, -0.2) is 4.79 Å². The maximum atomic E-state index is 13.8. The number of ether oxygens (including phenoxy) is 1. The number of hydrogen-bond donors (Lipinski definition) is 4. The van der Waals surface area contributed by atoms with Gasteiger partial charge in [-0.05, 0) is 83.5 Å². The van der Waals surface area contributed by atoms with E-state index in [0.717, 1.165) is 11.1 Å². The van der Waals surface area contributed by atoms with Crippen molar-refractivity contribution in [3.63, 3.8) is 0 Å². The van der Waals surface area contributed by atoms with Gasteiger partial charge in [0.15, 0.2) is 5.96 Å². The molecule has 0 fully saturated rings. The lowest BCUT2D eigenvalue weighted by Gasteiger charge is -2.40. The van der Waals surface area contributed by atoms with Crippen LogP contribution in [0.1, 0.15) is 61.5 Å². The van der Waals surface area contributed by atoms with Crippen molar-refractivity contribution in [1.82, 2.24) is 20.4 Å². The number of amides is 3. The number of nitrogens with one attached hydrogen (secondary N) is 2. The maximum Gasteiger partial charge on any atom is 0.414 e. The molecule has 0 aliphatic carbocycles. The smallest absolute Gasteiger partial charge is 0.414 e. The van der Waals surface area contributed by atoms with Crippen LogP contribution in [0.25, 0.3) is 0 Å². The number of nitrogens with zero attached hydrogens (tertiary/aromatic N) is 3. The van der Waals surface area contributed by atoms with E-state index in [4.69, 9.17) is 16.2 Å². The van der Waals surface area contributed by atoms with Crippen molar-refractivity contribution < 1.29 is 19.1 Å². The third-order valence-corrected chi connectivity index (χ3v) is 9.02. The summed E-state index contributed by atoms with van der Waals surface area (Å²) < 4.78 is 6.31. The number of carbonyl (C=O) groups excluding carboxylic acids is 3. The lowest BCUT2D eigenvalue weighted by Crippen LogP contribution is -2.50. The fraction of sp³-hybridized carbons (Fsp3) is 0.385. The molecule has 6 N–H and O–H groups in total. The fourth-order valence-electron chi connectivity index (χ4n) is 5.71. The van der Waals surface area contributed by atoms with Gasteiger partial charge in [-0.15, -0.1) is 0 Å². The number of nitrogens with two attached hydrogens (primary N) is 2. The van der Waals surface area contributed by atoms with Crippen LogP contribution < -0.4 is 22.1 Å². The second-order valence-corrected chi connectivity index (χ2v) is 12.7. The van der Waals surface area contributed by atoms with Gasteiger partial charge in [0, 0.05) is 37.8 Å². The van der Waals surface area contributed by atoms with E-state index in [1.807, 2.05) is 76.5 Å². The summed E-state index contributed by atoms with van der Waals surface area (Å²) in [7, 11) is 5.72. The van der Waals surface area contributed by atoms with Gasteiger partial charge < -0.3 is 36.6 Å². The highest BCUT2D eigenvalue weighted by molar-refractivity contribution is 5.97. The molecule has 3 atom stereocenters. The monoisotopic (exact) mass is 683 g/mol. The summed E-state index contributed by atoms with van der Waals surface area (Å²) in [6, 6.07) is 27.7. The van der Waals surface area contributed by atoms with Crippen LogP contribution in [0.2, 0.25) is 0 Å². The summed E-state index contributed by atoms with van der Waals surface area (Å²) in [5.74, 6) is -0.280. The molecular formula is C39H53N7O4. The maximum absolute atomic E-state index is 13.8. The quantitative estimate of drug-likeness (QED) is 0.0699. The Morgan fingerprint density at radius 1 is 0.860 bits per heavy atom. The fourth-order valence-corrected chi connectivity index (χ4v) is 5.71. The Morgan fingerprint density at radius 3 is 1.90 bits per heavy atom. The average Bonchev–Trinajstić information content (AvgIpc) is 3.13. The van der Waals surface area contributed by atoms with Crippen LogP contribution in [0.15, 0.2) is 108 Å². The minimum absolute atomic E-state index is 0.0406. The minimum atomic E-state index is -0.841. The zero-order valence-corrected chi connectivity index (χ0v) is 30.1. The van der Waals surface area contributed by atoms with Crippen molar-refractivity contribution in [2.75, 3.05) is 34.2 Å². The molecule has 3 aromatic rings. The number of carbonyl (C=O) groups is 3. The summed E-state index contributed by atoms with van der Waals surface area (Å²) in [5.41, 5.74) is 12.6. The van der Waals surface area contributed by atoms with Crippen LogP contribution in [0.4, 0.5) is 4.79 Å². The molecule has 0 radical (unpaired) electrons. The Labute approximate surface area is 296 Å². The Balaban J connectivity index is 1.79. The Morgan fingerprint density at radius 2 is 1.40 bits per heavy atom. The van der Waals surface area contributed by atoms with Crippen LogP contribution >= 0.6 is 0 Å². The van der Waals surface area contributed by atoms with Crippen molar-refractivity contribution in [2.45, 2.75) is 63.6 Å². The van der Waals surface area contributed by atoms with E-state index >= 15 is 0 Å². The van der Waals surface area contributed by atoms with Gasteiger partial charge in [-0.2, -0.15) is 0 Å². The predicted octanol–water partition coefficient (Wildman–Crippen LogP) is 4.64. The lowest BCUT2D eigenvalue weighted by molar-refractivity contribution is -0.123. The zero-order valence-electron chi connectivity index (χ0n) is 30.1. The number of rotatable bonds is 17. The molecule has 0 aliphatic rings. The first kappa shape index (κ1) is 39.3. The summed E-state index contributed by atoms with van der Waals surface area (Å²) in [6.07, 6.45) is 2.73. The van der Waals surface area contributed by atoms with Crippen LogP contribution in [-0.4, -0.2) is 86.0 Å². The molecule has 0 saturated heterocycles. The van der Waals surface area contributed by atoms with Crippen molar-refractivity contribution in [1.29, 1.82) is 0 Å². The Kier molecular flexibility index (Phi) is 15.0. The van der Waals surface area contributed by atoms with Crippen LogP contribution in [-0.2, 0) is 14.9 Å². The van der Waals surface area contributed by atoms with Crippen LogP contribution in [0.3, 0.4) is 0 Å². The van der Waals surface area contributed by atoms with E-state index in [-0.39, 0.29) is 30.4 Å². The van der Waals surface area contributed by atoms with Gasteiger partial charge >= 0.3 is 6.09 Å². The van der Waals surface area contributed by atoms with Gasteiger partial charge in [0.05, 0.1) is 5.41 Å². The van der Waals surface area contributed by atoms with E-state index < -0.39 is 23.6 Å². The number of allylic oxidation sites excluding steroid dienone is 2. The van der Waals surface area contributed by atoms with Crippen molar-refractivity contribution in [2.24, 2.45) is 16.5 Å². The highest BCUT2D eigenvalue weighted by Crippen LogP contribution is 2.44. The first-order valence-corrected chi connectivity index (χ1v) is 17.0. The molecular weight excluding hydrogens is 630 g/mol. The third kappa shape index (κ3) is 10.7. The average molecular weight is 684 g/mol. The molecule has 1 unspecified atom stereocenters. The molecule has 3 rings (SSSR count). The normalized spacial score (nSPS) is 13.5. The molecule has 50 heavy (non-hydrogen) atoms. The zero-order chi connectivity index (χ0) is 36.7. The molecule has 0 heterocycles. The summed E-state index contributed by atoms with van der Waals surface area (Å²) in [6.45, 7) is 6.30. The molecule has 0 spiro atoms. The SMILES string of the molecule is C/C=C(/OC(=O)N(C)C(C)CNC(=O)[C@H](CCCN=C(N)N)NC(=O)c1ccccc1)C(C[C@@H](C)N(C)C)(c1ccccc1)c1ccccc1. The van der Waals surface area contributed by atoms with E-state index in [0.29, 0.717) is 37.1 Å². The molecule has 0 aromatic heterocycles. The molecule has 3 amide bonds. The molecule has 0 bridgehead atoms. The lowest BCUT2D eigenvalue weighted by atomic mass is 9.68. The Bertz CT molecular complexity index is 1540. The first-order valence-electron chi connectivity index (χ1n) is 17.0. The van der Waals surface area contributed by atoms with Crippen molar-refractivity contribution in [3.05, 3.63) is 120 Å². The van der Waals surface area contributed by atoms with Gasteiger partial charge in [-0.1, -0.05) is 78.9 Å². The number of benzene rings is 3. The van der Waals surface area contributed by atoms with Crippen molar-refractivity contribution in [3.8, 4) is 0 Å². The molecule has 0 saturated carbocycles. The van der Waals surface area contributed by atoms with E-state index in [1.54, 1.807) is 31.3 Å². The van der Waals surface area contributed by atoms with Crippen LogP contribution in [0, 0.1) is 0 Å². The second kappa shape index (κ2) is 19.1. The molecule has 11 heteroatoms. The molecule has 268 valence electrons. The summed E-state index contributed by atoms with van der Waals surface area (Å²) >= 11 is 0. The number of hydrogen-bond acceptors (Lipinski definition) is 6. The predicted molar refractivity (Wildman–Crippen MR) is 200 cm³/mol.